The topological polar surface area (TPSA) is 106 Å². The summed E-state index contributed by atoms with van der Waals surface area (Å²) in [5, 5.41) is 21.3. The number of unbranched alkanes of at least 4 members (excludes halogenated alkanes) is 1. The van der Waals surface area contributed by atoms with Crippen molar-refractivity contribution >= 4 is 30.0 Å². The van der Waals surface area contributed by atoms with E-state index in [1.807, 2.05) is 4.57 Å². The number of imidazole rings is 1. The van der Waals surface area contributed by atoms with Gasteiger partial charge in [-0.05, 0) is 38.4 Å². The summed E-state index contributed by atoms with van der Waals surface area (Å²) in [4.78, 5) is 9.09. The van der Waals surface area contributed by atoms with Gasteiger partial charge in [0.15, 0.2) is 11.9 Å². The third-order valence-corrected chi connectivity index (χ3v) is 6.52. The van der Waals surface area contributed by atoms with E-state index < -0.39 is 31.4 Å². The van der Waals surface area contributed by atoms with Crippen LogP contribution < -0.4 is 5.73 Å². The van der Waals surface area contributed by atoms with Gasteiger partial charge in [-0.3, -0.25) is 4.57 Å². The predicted molar refractivity (Wildman–Crippen MR) is 112 cm³/mol. The fourth-order valence-electron chi connectivity index (χ4n) is 3.49. The maximum absolute atomic E-state index is 10.7. The molecule has 0 saturated carbocycles. The molecule has 4 N–H and O–H groups in total. The van der Waals surface area contributed by atoms with E-state index in [1.165, 1.54) is 0 Å². The van der Waals surface area contributed by atoms with Crippen LogP contribution in [0.2, 0.25) is 0 Å². The molecule has 2 aromatic rings. The summed E-state index contributed by atoms with van der Waals surface area (Å²) in [6, 6.07) is 1.72. The lowest BCUT2D eigenvalue weighted by molar-refractivity contribution is -0.0368. The summed E-state index contributed by atoms with van der Waals surface area (Å²) in [7, 11) is 0. The highest BCUT2D eigenvalue weighted by Gasteiger charge is 2.44. The molecule has 1 aliphatic rings. The van der Waals surface area contributed by atoms with Crippen LogP contribution >= 0.6 is 6.89 Å². The van der Waals surface area contributed by atoms with Gasteiger partial charge < -0.3 is 20.7 Å². The number of hydrogen-bond acceptors (Lipinski definition) is 6. The van der Waals surface area contributed by atoms with Gasteiger partial charge in [0.25, 0.3) is 0 Å². The molecule has 1 saturated heterocycles. The Morgan fingerprint density at radius 3 is 2.74 bits per heavy atom. The highest BCUT2D eigenvalue weighted by atomic mass is 31.2. The first-order valence-electron chi connectivity index (χ1n) is 9.53. The average Bonchev–Trinajstić information content (AvgIpc) is 3.10. The fraction of sp³-hybridized carbons (Fsp3) is 0.632. The van der Waals surface area contributed by atoms with Crippen LogP contribution in [-0.2, 0) is 11.2 Å². The van der Waals surface area contributed by atoms with E-state index in [-0.39, 0.29) is 0 Å². The monoisotopic (exact) mass is 394 g/mol. The molecule has 0 spiro atoms. The Morgan fingerprint density at radius 1 is 1.33 bits per heavy atom. The van der Waals surface area contributed by atoms with Crippen molar-refractivity contribution in [2.24, 2.45) is 0 Å². The molecule has 1 fully saturated rings. The van der Waals surface area contributed by atoms with E-state index in [0.29, 0.717) is 23.3 Å². The molecule has 0 radical (unpaired) electrons. The molecule has 3 heterocycles. The van der Waals surface area contributed by atoms with Crippen LogP contribution in [0.5, 0.6) is 0 Å². The highest BCUT2D eigenvalue weighted by Crippen LogP contribution is 2.40. The molecule has 2 aromatic heterocycles. The van der Waals surface area contributed by atoms with E-state index in [9.17, 15) is 10.2 Å². The van der Waals surface area contributed by atoms with E-state index >= 15 is 0 Å². The van der Waals surface area contributed by atoms with E-state index in [2.05, 4.69) is 36.5 Å². The Labute approximate surface area is 160 Å². The van der Waals surface area contributed by atoms with Crippen molar-refractivity contribution in [3.63, 3.8) is 0 Å². The molecule has 1 unspecified atom stereocenters. The van der Waals surface area contributed by atoms with Gasteiger partial charge in [0.1, 0.15) is 23.5 Å². The van der Waals surface area contributed by atoms with Crippen molar-refractivity contribution in [1.29, 1.82) is 0 Å². The van der Waals surface area contributed by atoms with Gasteiger partial charge in [-0.25, -0.2) is 9.97 Å². The third kappa shape index (κ3) is 4.21. The van der Waals surface area contributed by atoms with Gasteiger partial charge in [0.05, 0.1) is 11.8 Å². The minimum atomic E-state index is -1.24. The maximum Gasteiger partial charge on any atom is 0.165 e. The minimum absolute atomic E-state index is 0.427. The number of ether oxygens (including phenoxy) is 1. The van der Waals surface area contributed by atoms with Crippen molar-refractivity contribution in [2.75, 3.05) is 25.2 Å². The summed E-state index contributed by atoms with van der Waals surface area (Å²) >= 11 is 0. The number of nitrogens with zero attached hydrogens (tertiary/aromatic N) is 3. The summed E-state index contributed by atoms with van der Waals surface area (Å²) in [5.74, 6) is 0.777. The first-order valence-corrected chi connectivity index (χ1v) is 12.6. The van der Waals surface area contributed by atoms with Gasteiger partial charge in [0, 0.05) is 12.6 Å². The number of pyridine rings is 1. The number of rotatable bonds is 7. The normalized spacial score (nSPS) is 26.1. The standard InChI is InChI=1S/C19H31N4O3P/c1-5-6-7-14-22-15-12(20)8-10-21-18(15)23(14)19-17(25)16(24)13(26-19)9-11-27(2,3)4/h8,10,13,16-17,19,24-25H,2,5-7,9,11H2,1,3-4H3,(H2,20,21)/t13-,16-,17-,19?/m1/s1. The largest absolute Gasteiger partial charge is 0.397 e. The lowest BCUT2D eigenvalue weighted by atomic mass is 10.1. The summed E-state index contributed by atoms with van der Waals surface area (Å²) in [5.41, 5.74) is 7.82. The van der Waals surface area contributed by atoms with Gasteiger partial charge >= 0.3 is 0 Å². The second-order valence-electron chi connectivity index (χ2n) is 8.07. The molecule has 27 heavy (non-hydrogen) atoms. The molecule has 0 bridgehead atoms. The van der Waals surface area contributed by atoms with E-state index in [1.54, 1.807) is 12.3 Å². The fourth-order valence-corrected chi connectivity index (χ4v) is 4.44. The number of nitrogens with two attached hydrogens (primary N) is 1. The van der Waals surface area contributed by atoms with E-state index in [4.69, 9.17) is 10.5 Å². The molecule has 1 aliphatic heterocycles. The molecule has 8 heteroatoms. The van der Waals surface area contributed by atoms with Crippen LogP contribution in [0.15, 0.2) is 12.3 Å². The van der Waals surface area contributed by atoms with Gasteiger partial charge in [-0.1, -0.05) is 13.3 Å². The molecule has 7 nitrogen and oxygen atoms in total. The zero-order valence-corrected chi connectivity index (χ0v) is 17.3. The van der Waals surface area contributed by atoms with Crippen LogP contribution in [-0.4, -0.2) is 68.9 Å². The number of fused-ring (bicyclic) bond motifs is 1. The maximum atomic E-state index is 10.7. The SMILES string of the molecule is C=P(C)(C)CC[C@H]1OC(n2c(CCCC)nc3c(N)ccnc32)[C@H](O)[C@@H]1O. The molecule has 150 valence electrons. The Hall–Kier alpha value is -1.40. The Balaban J connectivity index is 1.95. The lowest BCUT2D eigenvalue weighted by Crippen LogP contribution is -2.32. The zero-order chi connectivity index (χ0) is 19.8. The van der Waals surface area contributed by atoms with Crippen molar-refractivity contribution in [2.45, 2.75) is 57.1 Å². The quantitative estimate of drug-likeness (QED) is 0.621. The first kappa shape index (κ1) is 20.3. The lowest BCUT2D eigenvalue weighted by Gasteiger charge is -2.20. The molecule has 0 aromatic carbocycles. The zero-order valence-electron chi connectivity index (χ0n) is 16.4. The van der Waals surface area contributed by atoms with Crippen LogP contribution in [0.4, 0.5) is 5.69 Å². The van der Waals surface area contributed by atoms with Crippen molar-refractivity contribution in [3.05, 3.63) is 18.1 Å². The van der Waals surface area contributed by atoms with Crippen LogP contribution in [0.1, 0.15) is 38.2 Å². The van der Waals surface area contributed by atoms with Gasteiger partial charge in [-0.15, -0.1) is 13.2 Å². The predicted octanol–water partition coefficient (Wildman–Crippen LogP) is 2.07. The van der Waals surface area contributed by atoms with Crippen LogP contribution in [0.3, 0.4) is 0 Å². The molecule has 3 rings (SSSR count). The molecular formula is C19H31N4O3P. The van der Waals surface area contributed by atoms with Crippen LogP contribution in [0, 0.1) is 0 Å². The van der Waals surface area contributed by atoms with Crippen molar-refractivity contribution in [1.82, 2.24) is 14.5 Å². The Morgan fingerprint density at radius 2 is 2.07 bits per heavy atom. The summed E-state index contributed by atoms with van der Waals surface area (Å²) < 4.78 is 7.95. The first-order chi connectivity index (χ1) is 12.7. The number of hydrogen-bond donors (Lipinski definition) is 3. The van der Waals surface area contributed by atoms with Gasteiger partial charge in [-0.2, -0.15) is 0 Å². The number of aryl methyl sites for hydroxylation is 1. The molecular weight excluding hydrogens is 363 g/mol. The third-order valence-electron chi connectivity index (χ3n) is 5.05. The molecule has 0 aliphatic carbocycles. The Kier molecular flexibility index (Phi) is 5.96. The minimum Gasteiger partial charge on any atom is -0.397 e. The van der Waals surface area contributed by atoms with Crippen LogP contribution in [0.25, 0.3) is 11.2 Å². The number of aromatic nitrogens is 3. The number of nitrogen functional groups attached to an aromatic ring is 1. The second-order valence-corrected chi connectivity index (χ2v) is 12.4. The second kappa shape index (κ2) is 7.92. The van der Waals surface area contributed by atoms with E-state index in [0.717, 1.165) is 31.2 Å². The van der Waals surface area contributed by atoms with Gasteiger partial charge in [0.2, 0.25) is 0 Å². The smallest absolute Gasteiger partial charge is 0.165 e. The average molecular weight is 394 g/mol. The molecule has 4 atom stereocenters. The molecule has 0 amide bonds. The number of aliphatic hydroxyl groups excluding tert-OH is 2. The summed E-state index contributed by atoms with van der Waals surface area (Å²) in [6.07, 6.45) is 6.99. The number of aliphatic hydroxyl groups is 2. The Bertz CT molecular complexity index is 847. The van der Waals surface area contributed by atoms with Crippen molar-refractivity contribution < 1.29 is 14.9 Å². The highest BCUT2D eigenvalue weighted by molar-refractivity contribution is 7.72. The number of anilines is 1. The van der Waals surface area contributed by atoms with Crippen molar-refractivity contribution in [3.8, 4) is 0 Å². The summed E-state index contributed by atoms with van der Waals surface area (Å²) in [6.45, 7) is 5.19.